The summed E-state index contributed by atoms with van der Waals surface area (Å²) in [6.45, 7) is 0. The van der Waals surface area contributed by atoms with E-state index in [0.717, 1.165) is 11.7 Å². The molecule has 1 nitrogen and oxygen atoms in total. The van der Waals surface area contributed by atoms with Crippen molar-refractivity contribution in [2.75, 3.05) is 12.8 Å². The summed E-state index contributed by atoms with van der Waals surface area (Å²) in [6, 6.07) is 9.11. The summed E-state index contributed by atoms with van der Waals surface area (Å²) >= 11 is 5.53. The van der Waals surface area contributed by atoms with Crippen molar-refractivity contribution < 1.29 is 0 Å². The van der Waals surface area contributed by atoms with Crippen LogP contribution in [0.25, 0.3) is 0 Å². The number of nitrogens with one attached hydrogen (secondary N) is 1. The van der Waals surface area contributed by atoms with Crippen LogP contribution in [0.2, 0.25) is 0 Å². The predicted octanol–water partition coefficient (Wildman–Crippen LogP) is 3.93. The van der Waals surface area contributed by atoms with Gasteiger partial charge >= 0.3 is 0 Å². The predicted molar refractivity (Wildman–Crippen MR) is 75.1 cm³/mol. The molecule has 1 fully saturated rings. The monoisotopic (exact) mass is 299 g/mol. The van der Waals surface area contributed by atoms with Gasteiger partial charge in [0.2, 0.25) is 0 Å². The highest BCUT2D eigenvalue weighted by atomic mass is 79.9. The Hall–Kier alpha value is 0.01000. The molecule has 0 aromatic heterocycles. The minimum Gasteiger partial charge on any atom is -0.316 e. The fraction of sp³-hybridized carbons (Fsp3) is 0.538. The third-order valence-electron chi connectivity index (χ3n) is 3.00. The molecule has 2 rings (SSSR count). The lowest BCUT2D eigenvalue weighted by Gasteiger charge is -2.15. The van der Waals surface area contributed by atoms with Crippen molar-refractivity contribution in [3.63, 3.8) is 0 Å². The largest absolute Gasteiger partial charge is 0.316 e. The summed E-state index contributed by atoms with van der Waals surface area (Å²) in [7, 11) is 2.08. The van der Waals surface area contributed by atoms with E-state index in [1.54, 1.807) is 0 Å². The maximum Gasteiger partial charge on any atom is 0.0311 e. The highest BCUT2D eigenvalue weighted by Crippen LogP contribution is 2.35. The van der Waals surface area contributed by atoms with Gasteiger partial charge in [-0.15, -0.1) is 11.8 Å². The van der Waals surface area contributed by atoms with Crippen molar-refractivity contribution in [2.45, 2.75) is 30.2 Å². The van der Waals surface area contributed by atoms with Crippen LogP contribution in [0.1, 0.15) is 19.3 Å². The smallest absolute Gasteiger partial charge is 0.0311 e. The summed E-state index contributed by atoms with van der Waals surface area (Å²) in [5.74, 6) is 2.16. The van der Waals surface area contributed by atoms with Gasteiger partial charge in [0.15, 0.2) is 0 Å². The molecule has 1 atom stereocenters. The third kappa shape index (κ3) is 3.79. The van der Waals surface area contributed by atoms with Crippen LogP contribution in [0.15, 0.2) is 33.6 Å². The number of benzene rings is 1. The van der Waals surface area contributed by atoms with Gasteiger partial charge in [-0.2, -0.15) is 0 Å². The van der Waals surface area contributed by atoms with E-state index in [1.165, 1.54) is 28.6 Å². The molecule has 1 aliphatic carbocycles. The summed E-state index contributed by atoms with van der Waals surface area (Å²) in [6.07, 6.45) is 4.23. The normalized spacial score (nSPS) is 17.4. The van der Waals surface area contributed by atoms with Gasteiger partial charge in [-0.3, -0.25) is 0 Å². The van der Waals surface area contributed by atoms with Gasteiger partial charge in [0.25, 0.3) is 0 Å². The standard InChI is InChI=1S/C13H18BrNS/c1-15-11(8-10-6-7-10)9-16-13-5-3-2-4-12(13)14/h2-5,10-11,15H,6-9H2,1H3. The third-order valence-corrected chi connectivity index (χ3v) is 5.19. The van der Waals surface area contributed by atoms with E-state index >= 15 is 0 Å². The molecule has 16 heavy (non-hydrogen) atoms. The molecule has 0 saturated heterocycles. The Labute approximate surface area is 111 Å². The number of thioether (sulfide) groups is 1. The van der Waals surface area contributed by atoms with Gasteiger partial charge in [-0.25, -0.2) is 0 Å². The average Bonchev–Trinajstić information content (AvgIpc) is 3.10. The molecule has 1 saturated carbocycles. The number of hydrogen-bond acceptors (Lipinski definition) is 2. The molecule has 1 aliphatic rings. The minimum atomic E-state index is 0.657. The van der Waals surface area contributed by atoms with Gasteiger partial charge in [-0.1, -0.05) is 25.0 Å². The minimum absolute atomic E-state index is 0.657. The highest BCUT2D eigenvalue weighted by molar-refractivity contribution is 9.10. The molecule has 0 bridgehead atoms. The lowest BCUT2D eigenvalue weighted by Crippen LogP contribution is -2.28. The first-order valence-corrected chi connectivity index (χ1v) is 7.62. The summed E-state index contributed by atoms with van der Waals surface area (Å²) in [4.78, 5) is 1.35. The van der Waals surface area contributed by atoms with Crippen LogP contribution in [0.4, 0.5) is 0 Å². The summed E-state index contributed by atoms with van der Waals surface area (Å²) in [5.41, 5.74) is 0. The van der Waals surface area contributed by atoms with Crippen molar-refractivity contribution in [3.8, 4) is 0 Å². The Bertz CT molecular complexity index is 338. The Morgan fingerprint density at radius 2 is 2.19 bits per heavy atom. The van der Waals surface area contributed by atoms with Gasteiger partial charge in [0, 0.05) is 21.2 Å². The number of rotatable bonds is 6. The van der Waals surface area contributed by atoms with Crippen molar-refractivity contribution in [1.82, 2.24) is 5.32 Å². The molecule has 0 spiro atoms. The summed E-state index contributed by atoms with van der Waals surface area (Å²) < 4.78 is 1.21. The van der Waals surface area contributed by atoms with Crippen LogP contribution in [0, 0.1) is 5.92 Å². The quantitative estimate of drug-likeness (QED) is 0.799. The maximum absolute atomic E-state index is 3.59. The van der Waals surface area contributed by atoms with E-state index in [2.05, 4.69) is 52.6 Å². The Morgan fingerprint density at radius 1 is 1.44 bits per heavy atom. The van der Waals surface area contributed by atoms with E-state index in [4.69, 9.17) is 0 Å². The molecule has 1 aromatic carbocycles. The highest BCUT2D eigenvalue weighted by Gasteiger charge is 2.24. The molecule has 1 aromatic rings. The second-order valence-electron chi connectivity index (χ2n) is 4.41. The topological polar surface area (TPSA) is 12.0 Å². The molecule has 3 heteroatoms. The van der Waals surface area contributed by atoms with E-state index in [-0.39, 0.29) is 0 Å². The van der Waals surface area contributed by atoms with Crippen LogP contribution in [-0.2, 0) is 0 Å². The van der Waals surface area contributed by atoms with Crippen LogP contribution in [-0.4, -0.2) is 18.8 Å². The molecule has 0 amide bonds. The zero-order valence-corrected chi connectivity index (χ0v) is 12.0. The molecular formula is C13H18BrNS. The molecule has 0 aliphatic heterocycles. The molecule has 0 heterocycles. The first-order chi connectivity index (χ1) is 7.79. The summed E-state index contributed by atoms with van der Waals surface area (Å²) in [5, 5.41) is 3.43. The fourth-order valence-electron chi connectivity index (χ4n) is 1.78. The first-order valence-electron chi connectivity index (χ1n) is 5.84. The fourth-order valence-corrected chi connectivity index (χ4v) is 3.47. The first kappa shape index (κ1) is 12.5. The number of halogens is 1. The van der Waals surface area contributed by atoms with Crippen molar-refractivity contribution in [1.29, 1.82) is 0 Å². The van der Waals surface area contributed by atoms with E-state index in [9.17, 15) is 0 Å². The van der Waals surface area contributed by atoms with Crippen LogP contribution >= 0.6 is 27.7 Å². The SMILES string of the molecule is CNC(CSc1ccccc1Br)CC1CC1. The lowest BCUT2D eigenvalue weighted by atomic mass is 10.2. The van der Waals surface area contributed by atoms with Crippen LogP contribution < -0.4 is 5.32 Å². The zero-order chi connectivity index (χ0) is 11.4. The number of hydrogen-bond donors (Lipinski definition) is 1. The van der Waals surface area contributed by atoms with Gasteiger partial charge in [0.05, 0.1) is 0 Å². The van der Waals surface area contributed by atoms with Gasteiger partial charge in [0.1, 0.15) is 0 Å². The lowest BCUT2D eigenvalue weighted by molar-refractivity contribution is 0.536. The van der Waals surface area contributed by atoms with Crippen molar-refractivity contribution >= 4 is 27.7 Å². The Morgan fingerprint density at radius 3 is 2.81 bits per heavy atom. The van der Waals surface area contributed by atoms with Crippen molar-refractivity contribution in [3.05, 3.63) is 28.7 Å². The van der Waals surface area contributed by atoms with Gasteiger partial charge < -0.3 is 5.32 Å². The van der Waals surface area contributed by atoms with Crippen molar-refractivity contribution in [2.24, 2.45) is 5.92 Å². The Balaban J connectivity index is 1.82. The maximum atomic E-state index is 3.59. The van der Waals surface area contributed by atoms with E-state index in [1.807, 2.05) is 11.8 Å². The van der Waals surface area contributed by atoms with Crippen LogP contribution in [0.5, 0.6) is 0 Å². The molecule has 88 valence electrons. The second-order valence-corrected chi connectivity index (χ2v) is 6.32. The van der Waals surface area contributed by atoms with E-state index in [0.29, 0.717) is 6.04 Å². The van der Waals surface area contributed by atoms with Gasteiger partial charge in [-0.05, 0) is 47.4 Å². The average molecular weight is 300 g/mol. The molecule has 0 radical (unpaired) electrons. The Kier molecular flexibility index (Phi) is 4.74. The molecular weight excluding hydrogens is 282 g/mol. The zero-order valence-electron chi connectivity index (χ0n) is 9.58. The molecule has 1 N–H and O–H groups in total. The van der Waals surface area contributed by atoms with Crippen LogP contribution in [0.3, 0.4) is 0 Å². The second kappa shape index (κ2) is 6.08. The van der Waals surface area contributed by atoms with E-state index < -0.39 is 0 Å². The molecule has 1 unspecified atom stereocenters.